The lowest BCUT2D eigenvalue weighted by atomic mass is 10.1. The third kappa shape index (κ3) is 2.87. The van der Waals surface area contributed by atoms with E-state index >= 15 is 0 Å². The van der Waals surface area contributed by atoms with Crippen LogP contribution in [0.2, 0.25) is 0 Å². The van der Waals surface area contributed by atoms with Crippen LogP contribution in [0.1, 0.15) is 18.4 Å². The van der Waals surface area contributed by atoms with Crippen LogP contribution in [-0.4, -0.2) is 24.2 Å². The van der Waals surface area contributed by atoms with Crippen molar-refractivity contribution in [1.82, 2.24) is 0 Å². The Balaban J connectivity index is 2.19. The van der Waals surface area contributed by atoms with Gasteiger partial charge in [-0.1, -0.05) is 0 Å². The number of benzene rings is 1. The molecule has 4 nitrogen and oxygen atoms in total. The first-order valence-corrected chi connectivity index (χ1v) is 6.67. The van der Waals surface area contributed by atoms with E-state index in [1.165, 1.54) is 0 Å². The summed E-state index contributed by atoms with van der Waals surface area (Å²) in [5.74, 6) is -1.24. The predicted octanol–water partition coefficient (Wildman–Crippen LogP) is 2.76. The molecule has 0 amide bonds. The van der Waals surface area contributed by atoms with Gasteiger partial charge in [-0.3, -0.25) is 4.79 Å². The molecule has 1 aliphatic heterocycles. The highest BCUT2D eigenvalue weighted by Crippen LogP contribution is 2.32. The first-order valence-electron chi connectivity index (χ1n) is 5.87. The van der Waals surface area contributed by atoms with Crippen molar-refractivity contribution in [3.8, 4) is 6.07 Å². The fourth-order valence-corrected chi connectivity index (χ4v) is 2.76. The average molecular weight is 327 g/mol. The molecule has 1 aromatic carbocycles. The topological polar surface area (TPSA) is 64.3 Å². The van der Waals surface area contributed by atoms with E-state index in [9.17, 15) is 9.18 Å². The number of carboxylic acids is 1. The van der Waals surface area contributed by atoms with Gasteiger partial charge in [-0.05, 0) is 40.4 Å². The van der Waals surface area contributed by atoms with Gasteiger partial charge in [0.05, 0.1) is 15.7 Å². The number of hydrogen-bond donors (Lipinski definition) is 1. The fraction of sp³-hybridized carbons (Fsp3) is 0.385. The van der Waals surface area contributed by atoms with Crippen LogP contribution in [0.4, 0.5) is 10.1 Å². The van der Waals surface area contributed by atoms with Crippen LogP contribution in [0.3, 0.4) is 0 Å². The molecule has 1 unspecified atom stereocenters. The van der Waals surface area contributed by atoms with Crippen molar-refractivity contribution in [3.63, 3.8) is 0 Å². The van der Waals surface area contributed by atoms with E-state index in [0.29, 0.717) is 18.8 Å². The van der Waals surface area contributed by atoms with Crippen LogP contribution in [0.15, 0.2) is 16.6 Å². The second kappa shape index (κ2) is 5.57. The Hall–Kier alpha value is -1.61. The van der Waals surface area contributed by atoms with E-state index in [1.54, 1.807) is 12.1 Å². The van der Waals surface area contributed by atoms with Gasteiger partial charge in [0.15, 0.2) is 5.82 Å². The van der Waals surface area contributed by atoms with E-state index in [1.807, 2.05) is 11.0 Å². The normalized spacial score (nSPS) is 18.4. The lowest BCUT2D eigenvalue weighted by molar-refractivity contribution is -0.137. The molecule has 0 bridgehead atoms. The zero-order valence-electron chi connectivity index (χ0n) is 10.1. The quantitative estimate of drug-likeness (QED) is 0.927. The van der Waals surface area contributed by atoms with Gasteiger partial charge in [-0.2, -0.15) is 5.26 Å². The summed E-state index contributed by atoms with van der Waals surface area (Å²) < 4.78 is 14.3. The van der Waals surface area contributed by atoms with Crippen LogP contribution < -0.4 is 4.90 Å². The van der Waals surface area contributed by atoms with Crippen molar-refractivity contribution in [2.75, 3.05) is 18.0 Å². The van der Waals surface area contributed by atoms with Gasteiger partial charge < -0.3 is 10.0 Å². The molecule has 1 heterocycles. The number of halogens is 2. The maximum absolute atomic E-state index is 14.1. The lowest BCUT2D eigenvalue weighted by Crippen LogP contribution is -2.21. The molecule has 1 atom stereocenters. The molecule has 1 aliphatic rings. The molecule has 100 valence electrons. The van der Waals surface area contributed by atoms with Crippen LogP contribution in [-0.2, 0) is 4.79 Å². The standard InChI is InChI=1S/C13H12BrFN2O2/c14-12-9(6-16)1-2-10(13(12)15)17-4-3-8(7-17)5-11(18)19/h1-2,8H,3-5,7H2,(H,18,19). The molecule has 1 aromatic rings. The molecule has 0 aromatic heterocycles. The number of rotatable bonds is 3. The molecule has 6 heteroatoms. The van der Waals surface area contributed by atoms with E-state index in [4.69, 9.17) is 10.4 Å². The smallest absolute Gasteiger partial charge is 0.303 e. The maximum Gasteiger partial charge on any atom is 0.303 e. The summed E-state index contributed by atoms with van der Waals surface area (Å²) in [7, 11) is 0. The van der Waals surface area contributed by atoms with Gasteiger partial charge >= 0.3 is 5.97 Å². The number of carbonyl (C=O) groups is 1. The second-order valence-electron chi connectivity index (χ2n) is 4.57. The van der Waals surface area contributed by atoms with Crippen molar-refractivity contribution in [1.29, 1.82) is 5.26 Å². The van der Waals surface area contributed by atoms with Gasteiger partial charge in [0.25, 0.3) is 0 Å². The highest BCUT2D eigenvalue weighted by atomic mass is 79.9. The molecule has 2 rings (SSSR count). The Morgan fingerprint density at radius 1 is 1.63 bits per heavy atom. The average Bonchev–Trinajstić information content (AvgIpc) is 2.80. The van der Waals surface area contributed by atoms with Crippen molar-refractivity contribution in [2.24, 2.45) is 5.92 Å². The number of nitriles is 1. The molecular formula is C13H12BrFN2O2. The highest BCUT2D eigenvalue weighted by molar-refractivity contribution is 9.10. The Kier molecular flexibility index (Phi) is 4.05. The van der Waals surface area contributed by atoms with E-state index < -0.39 is 11.8 Å². The number of nitrogens with zero attached hydrogens (tertiary/aromatic N) is 2. The minimum atomic E-state index is -0.826. The Labute approximate surface area is 118 Å². The predicted molar refractivity (Wildman–Crippen MR) is 71.4 cm³/mol. The van der Waals surface area contributed by atoms with Crippen LogP contribution >= 0.6 is 15.9 Å². The summed E-state index contributed by atoms with van der Waals surface area (Å²) in [6.07, 6.45) is 0.846. The van der Waals surface area contributed by atoms with E-state index in [0.717, 1.165) is 6.42 Å². The third-order valence-corrected chi connectivity index (χ3v) is 4.05. The maximum atomic E-state index is 14.1. The van der Waals surface area contributed by atoms with Crippen molar-refractivity contribution < 1.29 is 14.3 Å². The van der Waals surface area contributed by atoms with Crippen molar-refractivity contribution in [3.05, 3.63) is 28.0 Å². The van der Waals surface area contributed by atoms with Crippen LogP contribution in [0, 0.1) is 23.1 Å². The SMILES string of the molecule is N#Cc1ccc(N2CCC(CC(=O)O)C2)c(F)c1Br. The number of aliphatic carboxylic acids is 1. The zero-order chi connectivity index (χ0) is 14.0. The van der Waals surface area contributed by atoms with Gasteiger partial charge in [0, 0.05) is 19.5 Å². The largest absolute Gasteiger partial charge is 0.481 e. The molecular weight excluding hydrogens is 315 g/mol. The summed E-state index contributed by atoms with van der Waals surface area (Å²) in [5.41, 5.74) is 0.668. The minimum Gasteiger partial charge on any atom is -0.481 e. The van der Waals surface area contributed by atoms with Crippen LogP contribution in [0.25, 0.3) is 0 Å². The Morgan fingerprint density at radius 3 is 3.00 bits per heavy atom. The minimum absolute atomic E-state index is 0.0475. The monoisotopic (exact) mass is 326 g/mol. The van der Waals surface area contributed by atoms with Gasteiger partial charge in [-0.15, -0.1) is 0 Å². The number of anilines is 1. The Morgan fingerprint density at radius 2 is 2.37 bits per heavy atom. The lowest BCUT2D eigenvalue weighted by Gasteiger charge is -2.20. The third-order valence-electron chi connectivity index (χ3n) is 3.27. The first kappa shape index (κ1) is 13.8. The van der Waals surface area contributed by atoms with Crippen molar-refractivity contribution >= 4 is 27.6 Å². The number of hydrogen-bond acceptors (Lipinski definition) is 3. The second-order valence-corrected chi connectivity index (χ2v) is 5.36. The molecule has 0 saturated carbocycles. The summed E-state index contributed by atoms with van der Waals surface area (Å²) in [4.78, 5) is 12.5. The van der Waals surface area contributed by atoms with Gasteiger partial charge in [0.1, 0.15) is 6.07 Å². The summed E-state index contributed by atoms with van der Waals surface area (Å²) >= 11 is 3.08. The van der Waals surface area contributed by atoms with Crippen molar-refractivity contribution in [2.45, 2.75) is 12.8 Å². The molecule has 1 fully saturated rings. The molecule has 1 saturated heterocycles. The van der Waals surface area contributed by atoms with E-state index in [-0.39, 0.29) is 22.4 Å². The molecule has 0 aliphatic carbocycles. The van der Waals surface area contributed by atoms with E-state index in [2.05, 4.69) is 15.9 Å². The molecule has 1 N–H and O–H groups in total. The summed E-state index contributed by atoms with van der Waals surface area (Å²) in [5, 5.41) is 17.6. The van der Waals surface area contributed by atoms with Gasteiger partial charge in [0.2, 0.25) is 0 Å². The fourth-order valence-electron chi connectivity index (χ4n) is 2.33. The first-order chi connectivity index (χ1) is 9.02. The highest BCUT2D eigenvalue weighted by Gasteiger charge is 2.27. The summed E-state index contributed by atoms with van der Waals surface area (Å²) in [6, 6.07) is 5.04. The summed E-state index contributed by atoms with van der Waals surface area (Å²) in [6.45, 7) is 1.16. The molecule has 0 radical (unpaired) electrons. The molecule has 19 heavy (non-hydrogen) atoms. The zero-order valence-corrected chi connectivity index (χ0v) is 11.7. The number of carboxylic acid groups (broad SMARTS) is 1. The molecule has 0 spiro atoms. The Bertz CT molecular complexity index is 556. The van der Waals surface area contributed by atoms with Gasteiger partial charge in [-0.25, -0.2) is 4.39 Å². The van der Waals surface area contributed by atoms with Crippen LogP contribution in [0.5, 0.6) is 0 Å².